The van der Waals surface area contributed by atoms with Gasteiger partial charge in [0.1, 0.15) is 0 Å². The van der Waals surface area contributed by atoms with Gasteiger partial charge in [0.05, 0.1) is 17.6 Å². The van der Waals surface area contributed by atoms with Crippen LogP contribution in [0, 0.1) is 16.0 Å². The van der Waals surface area contributed by atoms with Crippen molar-refractivity contribution in [1.29, 1.82) is 0 Å². The molecular weight excluding hydrogens is 258 g/mol. The Morgan fingerprint density at radius 1 is 1.56 bits per heavy atom. The average Bonchev–Trinajstić information content (AvgIpc) is 2.34. The highest BCUT2D eigenvalue weighted by Gasteiger charge is 2.26. The summed E-state index contributed by atoms with van der Waals surface area (Å²) in [5.74, 6) is -0.0985. The van der Waals surface area contributed by atoms with Gasteiger partial charge in [0, 0.05) is 29.2 Å². The fourth-order valence-electron chi connectivity index (χ4n) is 2.14. The van der Waals surface area contributed by atoms with Crippen molar-refractivity contribution >= 4 is 17.3 Å². The molecule has 1 aliphatic rings. The van der Waals surface area contributed by atoms with Crippen LogP contribution >= 0.6 is 11.6 Å². The molecule has 0 spiro atoms. The van der Waals surface area contributed by atoms with Crippen molar-refractivity contribution in [3.8, 4) is 0 Å². The number of hydrogen-bond donors (Lipinski definition) is 1. The average molecular weight is 272 g/mol. The van der Waals surface area contributed by atoms with E-state index in [4.69, 9.17) is 16.3 Å². The summed E-state index contributed by atoms with van der Waals surface area (Å²) >= 11 is 5.75. The Bertz CT molecular complexity index is 452. The first-order valence-electron chi connectivity index (χ1n) is 5.76. The standard InChI is InChI=1S/C12H14ClNO4/c13-10-2-1-8(11(6-10)14(16)17)5-9-7-18-4-3-12(9)15/h1-2,6,9,12,15H,3-5,7H2. The number of nitrogens with zero attached hydrogens (tertiary/aromatic N) is 1. The second-order valence-corrected chi connectivity index (χ2v) is 4.86. The predicted octanol–water partition coefficient (Wildman–Crippen LogP) is 2.19. The summed E-state index contributed by atoms with van der Waals surface area (Å²) in [5.41, 5.74) is 0.583. The van der Waals surface area contributed by atoms with Crippen molar-refractivity contribution in [3.63, 3.8) is 0 Å². The molecule has 0 saturated carbocycles. The number of benzene rings is 1. The molecule has 1 aromatic carbocycles. The maximum absolute atomic E-state index is 11.0. The van der Waals surface area contributed by atoms with E-state index in [1.807, 2.05) is 0 Å². The molecule has 1 heterocycles. The van der Waals surface area contributed by atoms with Crippen LogP contribution in [-0.2, 0) is 11.2 Å². The number of rotatable bonds is 3. The lowest BCUT2D eigenvalue weighted by atomic mass is 9.91. The van der Waals surface area contributed by atoms with E-state index >= 15 is 0 Å². The van der Waals surface area contributed by atoms with E-state index in [9.17, 15) is 15.2 Å². The molecule has 1 fully saturated rings. The Hall–Kier alpha value is -1.17. The maximum Gasteiger partial charge on any atom is 0.274 e. The first-order valence-corrected chi connectivity index (χ1v) is 6.14. The van der Waals surface area contributed by atoms with E-state index < -0.39 is 11.0 Å². The van der Waals surface area contributed by atoms with Crippen molar-refractivity contribution in [3.05, 3.63) is 38.9 Å². The number of aliphatic hydroxyl groups excluding tert-OH is 1. The van der Waals surface area contributed by atoms with E-state index in [0.29, 0.717) is 36.6 Å². The van der Waals surface area contributed by atoms with Gasteiger partial charge < -0.3 is 9.84 Å². The predicted molar refractivity (Wildman–Crippen MR) is 66.7 cm³/mol. The molecule has 0 radical (unpaired) electrons. The Kier molecular flexibility index (Phi) is 4.16. The molecule has 18 heavy (non-hydrogen) atoms. The summed E-state index contributed by atoms with van der Waals surface area (Å²) < 4.78 is 5.29. The van der Waals surface area contributed by atoms with Crippen molar-refractivity contribution in [2.24, 2.45) is 5.92 Å². The number of nitro groups is 1. The van der Waals surface area contributed by atoms with Crippen molar-refractivity contribution in [1.82, 2.24) is 0 Å². The summed E-state index contributed by atoms with van der Waals surface area (Å²) in [4.78, 5) is 10.5. The lowest BCUT2D eigenvalue weighted by Gasteiger charge is -2.27. The molecule has 1 saturated heterocycles. The highest BCUT2D eigenvalue weighted by Crippen LogP contribution is 2.28. The third-order valence-electron chi connectivity index (χ3n) is 3.16. The minimum atomic E-state index is -0.464. The van der Waals surface area contributed by atoms with Crippen LogP contribution < -0.4 is 0 Å². The van der Waals surface area contributed by atoms with Gasteiger partial charge in [-0.2, -0.15) is 0 Å². The van der Waals surface area contributed by atoms with E-state index in [2.05, 4.69) is 0 Å². The maximum atomic E-state index is 11.0. The van der Waals surface area contributed by atoms with Crippen LogP contribution in [0.25, 0.3) is 0 Å². The van der Waals surface area contributed by atoms with Crippen LogP contribution in [0.15, 0.2) is 18.2 Å². The highest BCUT2D eigenvalue weighted by molar-refractivity contribution is 6.30. The minimum Gasteiger partial charge on any atom is -0.393 e. The van der Waals surface area contributed by atoms with Gasteiger partial charge >= 0.3 is 0 Å². The van der Waals surface area contributed by atoms with Crippen LogP contribution in [0.5, 0.6) is 0 Å². The Labute approximate surface area is 109 Å². The number of aliphatic hydroxyl groups is 1. The van der Waals surface area contributed by atoms with Crippen LogP contribution in [-0.4, -0.2) is 29.3 Å². The van der Waals surface area contributed by atoms with Crippen LogP contribution in [0.1, 0.15) is 12.0 Å². The monoisotopic (exact) mass is 271 g/mol. The van der Waals surface area contributed by atoms with Gasteiger partial charge in [0.2, 0.25) is 0 Å². The molecule has 0 aliphatic carbocycles. The third kappa shape index (κ3) is 2.98. The lowest BCUT2D eigenvalue weighted by molar-refractivity contribution is -0.385. The Balaban J connectivity index is 2.20. The second-order valence-electron chi connectivity index (χ2n) is 4.43. The van der Waals surface area contributed by atoms with Gasteiger partial charge in [-0.05, 0) is 18.9 Å². The van der Waals surface area contributed by atoms with E-state index in [-0.39, 0.29) is 11.6 Å². The largest absolute Gasteiger partial charge is 0.393 e. The smallest absolute Gasteiger partial charge is 0.274 e. The molecule has 2 rings (SSSR count). The van der Waals surface area contributed by atoms with Crippen molar-refractivity contribution in [2.75, 3.05) is 13.2 Å². The van der Waals surface area contributed by atoms with Crippen LogP contribution in [0.3, 0.4) is 0 Å². The van der Waals surface area contributed by atoms with Gasteiger partial charge in [-0.1, -0.05) is 17.7 Å². The SMILES string of the molecule is O=[N+]([O-])c1cc(Cl)ccc1CC1COCCC1O. The van der Waals surface area contributed by atoms with Gasteiger partial charge in [0.25, 0.3) is 5.69 Å². The number of ether oxygens (including phenoxy) is 1. The molecule has 0 amide bonds. The van der Waals surface area contributed by atoms with E-state index in [1.54, 1.807) is 12.1 Å². The van der Waals surface area contributed by atoms with Crippen molar-refractivity contribution < 1.29 is 14.8 Å². The topological polar surface area (TPSA) is 72.6 Å². The number of hydrogen-bond acceptors (Lipinski definition) is 4. The van der Waals surface area contributed by atoms with Crippen molar-refractivity contribution in [2.45, 2.75) is 18.9 Å². The van der Waals surface area contributed by atoms with Gasteiger partial charge in [-0.3, -0.25) is 10.1 Å². The fourth-order valence-corrected chi connectivity index (χ4v) is 2.31. The molecule has 1 aliphatic heterocycles. The summed E-state index contributed by atoms with van der Waals surface area (Å²) in [7, 11) is 0. The zero-order chi connectivity index (χ0) is 13.1. The van der Waals surface area contributed by atoms with Crippen LogP contribution in [0.2, 0.25) is 5.02 Å². The van der Waals surface area contributed by atoms with Gasteiger partial charge in [-0.25, -0.2) is 0 Å². The number of nitro benzene ring substituents is 1. The first kappa shape index (κ1) is 13.3. The molecule has 2 unspecified atom stereocenters. The number of halogens is 1. The Morgan fingerprint density at radius 2 is 2.33 bits per heavy atom. The molecule has 98 valence electrons. The Morgan fingerprint density at radius 3 is 3.00 bits per heavy atom. The molecule has 6 heteroatoms. The quantitative estimate of drug-likeness (QED) is 0.676. The fraction of sp³-hybridized carbons (Fsp3) is 0.500. The zero-order valence-electron chi connectivity index (χ0n) is 9.71. The van der Waals surface area contributed by atoms with E-state index in [1.165, 1.54) is 6.07 Å². The minimum absolute atomic E-state index is 0.000253. The molecule has 2 atom stereocenters. The molecular formula is C12H14ClNO4. The lowest BCUT2D eigenvalue weighted by Crippen LogP contribution is -2.33. The third-order valence-corrected chi connectivity index (χ3v) is 3.40. The van der Waals surface area contributed by atoms with E-state index in [0.717, 1.165) is 0 Å². The highest BCUT2D eigenvalue weighted by atomic mass is 35.5. The molecule has 0 bridgehead atoms. The summed E-state index contributed by atoms with van der Waals surface area (Å²) in [6.45, 7) is 0.974. The normalized spacial score (nSPS) is 23.9. The summed E-state index contributed by atoms with van der Waals surface area (Å²) in [6.07, 6.45) is 0.537. The van der Waals surface area contributed by atoms with Crippen LogP contribution in [0.4, 0.5) is 5.69 Å². The second kappa shape index (κ2) is 5.65. The van der Waals surface area contributed by atoms with Gasteiger partial charge in [-0.15, -0.1) is 0 Å². The summed E-state index contributed by atoms with van der Waals surface area (Å²) in [5, 5.41) is 21.1. The summed E-state index contributed by atoms with van der Waals surface area (Å²) in [6, 6.07) is 4.61. The molecule has 0 aromatic heterocycles. The molecule has 5 nitrogen and oxygen atoms in total. The first-order chi connectivity index (χ1) is 8.58. The molecule has 1 N–H and O–H groups in total. The molecule has 1 aromatic rings. The zero-order valence-corrected chi connectivity index (χ0v) is 10.5. The van der Waals surface area contributed by atoms with Gasteiger partial charge in [0.15, 0.2) is 0 Å².